The van der Waals surface area contributed by atoms with Crippen molar-refractivity contribution in [2.24, 2.45) is 0 Å². The van der Waals surface area contributed by atoms with Gasteiger partial charge >= 0.3 is 0 Å². The van der Waals surface area contributed by atoms with Gasteiger partial charge in [0.2, 0.25) is 0 Å². The topological polar surface area (TPSA) is 90.4 Å². The molecule has 3 heterocycles. The smallest absolute Gasteiger partial charge is 0.296 e. The van der Waals surface area contributed by atoms with Crippen molar-refractivity contribution in [2.45, 2.75) is 32.2 Å². The molecule has 1 atom stereocenters. The van der Waals surface area contributed by atoms with Gasteiger partial charge in [-0.15, -0.1) is 0 Å². The van der Waals surface area contributed by atoms with Gasteiger partial charge in [-0.1, -0.05) is 55.0 Å². The Labute approximate surface area is 217 Å². The summed E-state index contributed by atoms with van der Waals surface area (Å²) in [5.74, 6) is -2.27. The van der Waals surface area contributed by atoms with Crippen LogP contribution in [0.1, 0.15) is 36.5 Å². The summed E-state index contributed by atoms with van der Waals surface area (Å²) in [5.41, 5.74) is 0.780. The number of ketones is 1. The van der Waals surface area contributed by atoms with Crippen molar-refractivity contribution in [1.29, 1.82) is 0 Å². The lowest BCUT2D eigenvalue weighted by Gasteiger charge is -2.35. The Kier molecular flexibility index (Phi) is 6.88. The molecule has 1 spiro atoms. The molecular formula is C29H33N3O5. The van der Waals surface area contributed by atoms with Crippen LogP contribution in [0.2, 0.25) is 0 Å². The van der Waals surface area contributed by atoms with E-state index in [1.54, 1.807) is 23.1 Å². The second-order valence-electron chi connectivity index (χ2n) is 9.87. The van der Waals surface area contributed by atoms with Crippen LogP contribution < -0.4 is 4.90 Å². The molecule has 0 aromatic heterocycles. The number of hydrogen-bond donors (Lipinski definition) is 1. The van der Waals surface area contributed by atoms with E-state index in [4.69, 9.17) is 4.74 Å². The molecule has 1 N–H and O–H groups in total. The highest BCUT2D eigenvalue weighted by Crippen LogP contribution is 2.53. The number of morpholine rings is 1. The van der Waals surface area contributed by atoms with Gasteiger partial charge < -0.3 is 19.6 Å². The summed E-state index contributed by atoms with van der Waals surface area (Å²) < 4.78 is 5.43. The van der Waals surface area contributed by atoms with Crippen molar-refractivity contribution >= 4 is 29.0 Å². The van der Waals surface area contributed by atoms with E-state index in [-0.39, 0.29) is 23.8 Å². The average molecular weight is 504 g/mol. The molecule has 194 valence electrons. The van der Waals surface area contributed by atoms with Crippen LogP contribution in [0.15, 0.2) is 54.1 Å². The van der Waals surface area contributed by atoms with Gasteiger partial charge in [0.25, 0.3) is 17.6 Å². The zero-order valence-corrected chi connectivity index (χ0v) is 21.4. The number of fused-ring (bicyclic) bond motifs is 2. The van der Waals surface area contributed by atoms with Crippen LogP contribution in [0.25, 0.3) is 5.76 Å². The summed E-state index contributed by atoms with van der Waals surface area (Å²) in [5, 5.41) is 11.5. The summed E-state index contributed by atoms with van der Waals surface area (Å²) in [6.07, 6.45) is 1.29. The van der Waals surface area contributed by atoms with Gasteiger partial charge in [-0.2, -0.15) is 0 Å². The fourth-order valence-corrected chi connectivity index (χ4v) is 5.75. The van der Waals surface area contributed by atoms with E-state index in [1.807, 2.05) is 44.2 Å². The lowest BCUT2D eigenvalue weighted by atomic mass is 9.81. The van der Waals surface area contributed by atoms with Gasteiger partial charge in [0.1, 0.15) is 5.76 Å². The molecule has 2 saturated heterocycles. The zero-order valence-electron chi connectivity index (χ0n) is 21.4. The Morgan fingerprint density at radius 2 is 1.68 bits per heavy atom. The Morgan fingerprint density at radius 3 is 2.38 bits per heavy atom. The molecule has 8 nitrogen and oxygen atoms in total. The van der Waals surface area contributed by atoms with E-state index >= 15 is 0 Å². The maximum Gasteiger partial charge on any atom is 0.296 e. The Morgan fingerprint density at radius 1 is 0.973 bits per heavy atom. The van der Waals surface area contributed by atoms with Crippen LogP contribution >= 0.6 is 0 Å². The number of likely N-dealkylation sites (tertiary alicyclic amines) is 1. The zero-order chi connectivity index (χ0) is 26.2. The van der Waals surface area contributed by atoms with E-state index in [1.165, 1.54) is 4.90 Å². The number of benzene rings is 2. The molecule has 0 saturated carbocycles. The molecule has 2 aromatic rings. The van der Waals surface area contributed by atoms with Crippen LogP contribution in [0.4, 0.5) is 5.69 Å². The number of para-hydroxylation sites is 1. The molecule has 2 aromatic carbocycles. The third-order valence-corrected chi connectivity index (χ3v) is 7.54. The van der Waals surface area contributed by atoms with E-state index in [9.17, 15) is 19.5 Å². The molecule has 0 unspecified atom stereocenters. The van der Waals surface area contributed by atoms with Crippen LogP contribution in [0.3, 0.4) is 0 Å². The van der Waals surface area contributed by atoms with Crippen molar-refractivity contribution in [1.82, 2.24) is 9.80 Å². The summed E-state index contributed by atoms with van der Waals surface area (Å²) in [6, 6.07) is 14.4. The number of rotatable bonds is 7. The number of Topliss-reactive ketones (excluding diaryl/α,β-unsaturated/α-hetero) is 1. The van der Waals surface area contributed by atoms with Gasteiger partial charge in [-0.3, -0.25) is 19.3 Å². The van der Waals surface area contributed by atoms with E-state index < -0.39 is 17.2 Å². The van der Waals surface area contributed by atoms with Crippen LogP contribution in [0.5, 0.6) is 0 Å². The molecule has 2 amide bonds. The highest BCUT2D eigenvalue weighted by Gasteiger charge is 2.66. The third kappa shape index (κ3) is 4.04. The quantitative estimate of drug-likeness (QED) is 0.355. The third-order valence-electron chi connectivity index (χ3n) is 7.54. The molecule has 37 heavy (non-hydrogen) atoms. The number of anilines is 1. The monoisotopic (exact) mass is 503 g/mol. The van der Waals surface area contributed by atoms with E-state index in [2.05, 4.69) is 4.90 Å². The molecule has 2 fully saturated rings. The highest BCUT2D eigenvalue weighted by molar-refractivity contribution is 6.50. The molecule has 5 rings (SSSR count). The molecule has 0 aliphatic carbocycles. The molecule has 8 heteroatoms. The van der Waals surface area contributed by atoms with Gasteiger partial charge in [0.15, 0.2) is 5.54 Å². The first-order valence-electron chi connectivity index (χ1n) is 13.0. The van der Waals surface area contributed by atoms with Crippen molar-refractivity contribution in [3.05, 3.63) is 70.8 Å². The largest absolute Gasteiger partial charge is 0.507 e. The number of aliphatic hydroxyl groups is 1. The molecular weight excluding hydrogens is 470 g/mol. The van der Waals surface area contributed by atoms with Crippen molar-refractivity contribution in [3.8, 4) is 0 Å². The van der Waals surface area contributed by atoms with Gasteiger partial charge in [0.05, 0.1) is 24.5 Å². The summed E-state index contributed by atoms with van der Waals surface area (Å²) in [6.45, 7) is 8.23. The number of nitrogens with zero attached hydrogens (tertiary/aromatic N) is 3. The normalized spacial score (nSPS) is 23.4. The number of aliphatic hydroxyl groups excluding tert-OH is 1. The SMILES string of the molecule is CCCN1C(=O)[C@]2(C(=C(O)c3ccc(C)cc3)C(=O)C(=O)N2CCCN2CCOCC2)c2ccccc21. The highest BCUT2D eigenvalue weighted by atomic mass is 16.5. The minimum Gasteiger partial charge on any atom is -0.507 e. The molecule has 3 aliphatic heterocycles. The minimum atomic E-state index is -1.69. The van der Waals surface area contributed by atoms with Crippen molar-refractivity contribution < 1.29 is 24.2 Å². The molecule has 3 aliphatic rings. The Hall–Kier alpha value is -3.49. The maximum absolute atomic E-state index is 14.4. The van der Waals surface area contributed by atoms with Crippen LogP contribution in [-0.2, 0) is 24.7 Å². The summed E-state index contributed by atoms with van der Waals surface area (Å²) >= 11 is 0. The summed E-state index contributed by atoms with van der Waals surface area (Å²) in [7, 11) is 0. The first-order chi connectivity index (χ1) is 17.9. The second-order valence-corrected chi connectivity index (χ2v) is 9.87. The predicted molar refractivity (Wildman–Crippen MR) is 140 cm³/mol. The Bertz CT molecular complexity index is 1250. The van der Waals surface area contributed by atoms with Crippen molar-refractivity contribution in [3.63, 3.8) is 0 Å². The lowest BCUT2D eigenvalue weighted by Crippen LogP contribution is -2.52. The van der Waals surface area contributed by atoms with E-state index in [0.717, 1.165) is 25.2 Å². The van der Waals surface area contributed by atoms with Gasteiger partial charge in [-0.05, 0) is 25.8 Å². The predicted octanol–water partition coefficient (Wildman–Crippen LogP) is 3.05. The number of amides is 2. The first kappa shape index (κ1) is 25.2. The number of hydrogen-bond acceptors (Lipinski definition) is 6. The van der Waals surface area contributed by atoms with Gasteiger partial charge in [0, 0.05) is 43.9 Å². The number of ether oxygens (including phenoxy) is 1. The second kappa shape index (κ2) is 10.1. The van der Waals surface area contributed by atoms with Crippen LogP contribution in [0, 0.1) is 6.92 Å². The fraction of sp³-hybridized carbons (Fsp3) is 0.414. The number of aryl methyl sites for hydroxylation is 1. The standard InChI is InChI=1S/C29H33N3O5/c1-3-13-31-23-8-5-4-7-22(23)29(28(31)36)24(25(33)21-11-9-20(2)10-12-21)26(34)27(35)32(29)15-6-14-30-16-18-37-19-17-30/h4-5,7-12,33H,3,6,13-19H2,1-2H3/t29-/m1/s1. The number of carbonyl (C=O) groups is 3. The maximum atomic E-state index is 14.4. The molecule has 0 radical (unpaired) electrons. The van der Waals surface area contributed by atoms with Crippen molar-refractivity contribution in [2.75, 3.05) is 50.8 Å². The number of carbonyl (C=O) groups excluding carboxylic acids is 3. The average Bonchev–Trinajstić information content (AvgIpc) is 3.28. The fourth-order valence-electron chi connectivity index (χ4n) is 5.75. The minimum absolute atomic E-state index is 0.149. The first-order valence-corrected chi connectivity index (χ1v) is 13.0. The Balaban J connectivity index is 1.64. The van der Waals surface area contributed by atoms with E-state index in [0.29, 0.717) is 49.4 Å². The van der Waals surface area contributed by atoms with Crippen LogP contribution in [-0.4, -0.2) is 78.4 Å². The lowest BCUT2D eigenvalue weighted by molar-refractivity contribution is -0.143. The summed E-state index contributed by atoms with van der Waals surface area (Å²) in [4.78, 5) is 46.9. The molecule has 0 bridgehead atoms. The van der Waals surface area contributed by atoms with Gasteiger partial charge in [-0.25, -0.2) is 0 Å².